The van der Waals surface area contributed by atoms with Crippen LogP contribution in [0.25, 0.3) is 0 Å². The van der Waals surface area contributed by atoms with Gasteiger partial charge in [-0.1, -0.05) is 65.3 Å². The highest BCUT2D eigenvalue weighted by Crippen LogP contribution is 2.47. The number of fused-ring (bicyclic) bond motifs is 1. The Bertz CT molecular complexity index is 1130. The first kappa shape index (κ1) is 27.9. The highest BCUT2D eigenvalue weighted by molar-refractivity contribution is 6.28. The Hall–Kier alpha value is -3.68. The van der Waals surface area contributed by atoms with Crippen LogP contribution >= 0.6 is 0 Å². The summed E-state index contributed by atoms with van der Waals surface area (Å²) in [5.74, 6) is -1.94. The van der Waals surface area contributed by atoms with Gasteiger partial charge in [0.05, 0.1) is 6.54 Å². The monoisotopic (exact) mass is 507 g/mol. The number of rotatable bonds is 11. The quantitative estimate of drug-likeness (QED) is 0.245. The highest BCUT2D eigenvalue weighted by Gasteiger charge is 2.42. The van der Waals surface area contributed by atoms with Crippen molar-refractivity contribution in [2.75, 3.05) is 31.1 Å². The van der Waals surface area contributed by atoms with E-state index < -0.39 is 23.8 Å². The lowest BCUT2D eigenvalue weighted by Crippen LogP contribution is -2.57. The van der Waals surface area contributed by atoms with Crippen molar-refractivity contribution in [3.05, 3.63) is 65.9 Å². The van der Waals surface area contributed by atoms with Crippen molar-refractivity contribution in [1.82, 2.24) is 9.80 Å². The third-order valence-electron chi connectivity index (χ3n) is 6.82. The molecular weight excluding hydrogens is 470 g/mol. The number of carbonyl (C=O) groups is 4. The van der Waals surface area contributed by atoms with E-state index in [1.165, 1.54) is 5.56 Å². The average Bonchev–Trinajstić information content (AvgIpc) is 3.10. The molecule has 2 aliphatic heterocycles. The minimum atomic E-state index is -0.693. The largest absolute Gasteiger partial charge is 0.461 e. The fourth-order valence-corrected chi connectivity index (χ4v) is 4.71. The van der Waals surface area contributed by atoms with Gasteiger partial charge in [0.25, 0.3) is 11.8 Å². The van der Waals surface area contributed by atoms with E-state index in [9.17, 15) is 19.2 Å². The van der Waals surface area contributed by atoms with Crippen molar-refractivity contribution in [1.29, 1.82) is 0 Å². The second kappa shape index (κ2) is 12.0. The van der Waals surface area contributed by atoms with Crippen LogP contribution in [0.1, 0.15) is 58.9 Å². The number of hydrogen-bond donors (Lipinski definition) is 0. The number of carbonyl (C=O) groups excluding carboxylic acids is 4. The molecule has 8 heteroatoms. The molecule has 1 aromatic rings. The maximum Gasteiger partial charge on any atom is 0.334 e. The molecule has 1 saturated heterocycles. The number of para-hydroxylation sites is 1. The summed E-state index contributed by atoms with van der Waals surface area (Å²) in [4.78, 5) is 55.4. The van der Waals surface area contributed by atoms with E-state index in [4.69, 9.17) is 4.74 Å². The Morgan fingerprint density at radius 2 is 1.51 bits per heavy atom. The Labute approximate surface area is 219 Å². The summed E-state index contributed by atoms with van der Waals surface area (Å²) in [6.07, 6.45) is 7.82. The van der Waals surface area contributed by atoms with Crippen LogP contribution in [-0.2, 0) is 24.5 Å². The van der Waals surface area contributed by atoms with Crippen molar-refractivity contribution in [2.24, 2.45) is 0 Å². The van der Waals surface area contributed by atoms with Crippen molar-refractivity contribution in [3.63, 3.8) is 0 Å². The second-order valence-electron chi connectivity index (χ2n) is 9.70. The van der Waals surface area contributed by atoms with Gasteiger partial charge in [0.1, 0.15) is 12.2 Å². The zero-order chi connectivity index (χ0) is 27.2. The molecule has 0 atom stereocenters. The number of allylic oxidation sites excluding steroid dienone is 3. The first-order valence-corrected chi connectivity index (χ1v) is 12.9. The van der Waals surface area contributed by atoms with E-state index in [0.29, 0.717) is 6.42 Å². The van der Waals surface area contributed by atoms with Gasteiger partial charge in [-0.05, 0) is 36.6 Å². The van der Waals surface area contributed by atoms with Gasteiger partial charge >= 0.3 is 12.0 Å². The molecular formula is C29H37N3O5. The Morgan fingerprint density at radius 3 is 2.14 bits per heavy atom. The molecule has 3 rings (SSSR count). The number of amides is 4. The van der Waals surface area contributed by atoms with E-state index in [1.807, 2.05) is 25.1 Å². The summed E-state index contributed by atoms with van der Waals surface area (Å²) in [5.41, 5.74) is 2.87. The number of nitrogens with zero attached hydrogens (tertiary/aromatic N) is 3. The zero-order valence-corrected chi connectivity index (χ0v) is 22.3. The number of imide groups is 2. The van der Waals surface area contributed by atoms with Gasteiger partial charge in [0.2, 0.25) is 0 Å². The molecule has 0 unspecified atom stereocenters. The van der Waals surface area contributed by atoms with Crippen molar-refractivity contribution in [2.45, 2.75) is 58.8 Å². The maximum absolute atomic E-state index is 13.3. The average molecular weight is 508 g/mol. The van der Waals surface area contributed by atoms with Crippen LogP contribution in [0.15, 0.2) is 60.3 Å². The molecule has 0 radical (unpaired) electrons. The summed E-state index contributed by atoms with van der Waals surface area (Å²) in [7, 11) is 0. The SMILES string of the molecule is C=CC(=O)OCCN1C(=O)/C(=C/C=C2\N(CCCC)c3ccccc3C2(C)C)C(=O)N(CCCC)C1=O. The van der Waals surface area contributed by atoms with Gasteiger partial charge in [-0.3, -0.25) is 19.4 Å². The fourth-order valence-electron chi connectivity index (χ4n) is 4.71. The summed E-state index contributed by atoms with van der Waals surface area (Å²) >= 11 is 0. The minimum absolute atomic E-state index is 0.0829. The molecule has 1 fully saturated rings. The first-order chi connectivity index (χ1) is 17.7. The fraction of sp³-hybridized carbons (Fsp3) is 0.448. The van der Waals surface area contributed by atoms with E-state index in [0.717, 1.165) is 53.1 Å². The van der Waals surface area contributed by atoms with Crippen molar-refractivity contribution in [3.8, 4) is 0 Å². The van der Waals surface area contributed by atoms with E-state index >= 15 is 0 Å². The first-order valence-electron chi connectivity index (χ1n) is 12.9. The number of unbranched alkanes of at least 4 members (excludes halogenated alkanes) is 2. The molecule has 8 nitrogen and oxygen atoms in total. The van der Waals surface area contributed by atoms with E-state index in [1.54, 1.807) is 6.08 Å². The number of ether oxygens (including phenoxy) is 1. The number of barbiturate groups is 1. The molecule has 0 aromatic heterocycles. The number of benzene rings is 1. The number of hydrogen-bond acceptors (Lipinski definition) is 6. The lowest BCUT2D eigenvalue weighted by molar-refractivity contribution is -0.142. The van der Waals surface area contributed by atoms with Gasteiger partial charge in [-0.15, -0.1) is 0 Å². The standard InChI is InChI=1S/C29H37N3O5/c1-6-9-17-30-23-14-12-11-13-22(23)29(4,5)24(30)16-15-21-26(34)31(18-10-7-2)28(36)32(27(21)35)19-20-37-25(33)8-3/h8,11-16H,3,6-7,9-10,17-20H2,1-2,4-5H3/b21-15+,24-16-. The second-order valence-corrected chi connectivity index (χ2v) is 9.70. The smallest absolute Gasteiger partial charge is 0.334 e. The van der Waals surface area contributed by atoms with E-state index in [2.05, 4.69) is 44.4 Å². The highest BCUT2D eigenvalue weighted by atomic mass is 16.5. The predicted molar refractivity (Wildman–Crippen MR) is 143 cm³/mol. The summed E-state index contributed by atoms with van der Waals surface area (Å²) < 4.78 is 4.98. The molecule has 2 heterocycles. The van der Waals surface area contributed by atoms with Gasteiger partial charge < -0.3 is 9.64 Å². The maximum atomic E-state index is 13.3. The lowest BCUT2D eigenvalue weighted by atomic mass is 9.83. The molecule has 0 bridgehead atoms. The molecule has 198 valence electrons. The molecule has 0 aliphatic carbocycles. The molecule has 4 amide bonds. The molecule has 0 saturated carbocycles. The van der Waals surface area contributed by atoms with E-state index in [-0.39, 0.29) is 30.7 Å². The number of urea groups is 1. The van der Waals surface area contributed by atoms with Gasteiger partial charge in [-0.2, -0.15) is 0 Å². The topological polar surface area (TPSA) is 87.2 Å². The normalized spacial score (nSPS) is 19.1. The molecule has 1 aromatic carbocycles. The van der Waals surface area contributed by atoms with Gasteiger partial charge in [-0.25, -0.2) is 9.59 Å². The Balaban J connectivity index is 2.00. The van der Waals surface area contributed by atoms with Crippen LogP contribution in [0.5, 0.6) is 0 Å². The summed E-state index contributed by atoms with van der Waals surface area (Å²) in [6, 6.07) is 7.53. The van der Waals surface area contributed by atoms with Crippen LogP contribution in [-0.4, -0.2) is 59.9 Å². The summed E-state index contributed by atoms with van der Waals surface area (Å²) in [5, 5.41) is 0. The van der Waals surface area contributed by atoms with Crippen LogP contribution in [0.4, 0.5) is 10.5 Å². The van der Waals surface area contributed by atoms with Gasteiger partial charge in [0.15, 0.2) is 0 Å². The molecule has 37 heavy (non-hydrogen) atoms. The number of esters is 1. The Morgan fingerprint density at radius 1 is 0.919 bits per heavy atom. The minimum Gasteiger partial charge on any atom is -0.461 e. The van der Waals surface area contributed by atoms with Crippen molar-refractivity contribution < 1.29 is 23.9 Å². The van der Waals surface area contributed by atoms with Gasteiger partial charge in [0, 0.05) is 36.0 Å². The molecule has 2 aliphatic rings. The molecule has 0 spiro atoms. The van der Waals surface area contributed by atoms with Crippen LogP contribution in [0.3, 0.4) is 0 Å². The predicted octanol–water partition coefficient (Wildman–Crippen LogP) is 4.71. The summed E-state index contributed by atoms with van der Waals surface area (Å²) in [6.45, 7) is 12.4. The third-order valence-corrected chi connectivity index (χ3v) is 6.82. The molecule has 0 N–H and O–H groups in total. The third kappa shape index (κ3) is 5.68. The number of anilines is 1. The van der Waals surface area contributed by atoms with Crippen LogP contribution < -0.4 is 4.90 Å². The van der Waals surface area contributed by atoms with Crippen LogP contribution in [0, 0.1) is 0 Å². The van der Waals surface area contributed by atoms with Crippen LogP contribution in [0.2, 0.25) is 0 Å². The zero-order valence-electron chi connectivity index (χ0n) is 22.3. The van der Waals surface area contributed by atoms with Crippen molar-refractivity contribution >= 4 is 29.5 Å². The lowest BCUT2D eigenvalue weighted by Gasteiger charge is -2.34. The Kier molecular flexibility index (Phi) is 9.08.